The molecule has 0 aliphatic heterocycles. The molecule has 0 aliphatic rings. The molecule has 2 N–H and O–H groups in total. The van der Waals surface area contributed by atoms with Crippen LogP contribution in [0.3, 0.4) is 0 Å². The zero-order valence-corrected chi connectivity index (χ0v) is 10.8. The lowest BCUT2D eigenvalue weighted by Gasteiger charge is -2.15. The number of nitrogens with two attached hydrogens (primary N) is 1. The van der Waals surface area contributed by atoms with E-state index in [1.807, 2.05) is 0 Å². The van der Waals surface area contributed by atoms with E-state index >= 15 is 0 Å². The van der Waals surface area contributed by atoms with Crippen LogP contribution < -0.4 is 11.2 Å². The zero-order chi connectivity index (χ0) is 13.8. The van der Waals surface area contributed by atoms with Crippen molar-refractivity contribution < 1.29 is 9.21 Å². The molecule has 0 spiro atoms. The maximum atomic E-state index is 12.1. The van der Waals surface area contributed by atoms with Crippen LogP contribution in [0.1, 0.15) is 17.0 Å². The summed E-state index contributed by atoms with van der Waals surface area (Å²) in [5.41, 5.74) is 5.61. The first kappa shape index (κ1) is 13.3. The third kappa shape index (κ3) is 2.82. The van der Waals surface area contributed by atoms with Gasteiger partial charge in [-0.3, -0.25) is 9.59 Å². The highest BCUT2D eigenvalue weighted by molar-refractivity contribution is 5.93. The van der Waals surface area contributed by atoms with Crippen LogP contribution in [0.5, 0.6) is 0 Å². The van der Waals surface area contributed by atoms with Crippen molar-refractivity contribution in [2.75, 3.05) is 20.1 Å². The number of fused-ring (bicyclic) bond motifs is 1. The molecule has 1 aromatic carbocycles. The number of nitrogens with zero attached hydrogens (tertiary/aromatic N) is 1. The van der Waals surface area contributed by atoms with Gasteiger partial charge in [-0.05, 0) is 25.1 Å². The van der Waals surface area contributed by atoms with Crippen molar-refractivity contribution >= 4 is 16.9 Å². The molecule has 19 heavy (non-hydrogen) atoms. The van der Waals surface area contributed by atoms with Gasteiger partial charge < -0.3 is 15.1 Å². The van der Waals surface area contributed by atoms with Crippen LogP contribution >= 0.6 is 0 Å². The number of para-hydroxylation sites is 1. The van der Waals surface area contributed by atoms with Gasteiger partial charge in [0.1, 0.15) is 5.58 Å². The summed E-state index contributed by atoms with van der Waals surface area (Å²) in [5.74, 6) is -0.250. The van der Waals surface area contributed by atoms with E-state index in [0.29, 0.717) is 30.5 Å². The third-order valence-corrected chi connectivity index (χ3v) is 2.89. The van der Waals surface area contributed by atoms with Crippen LogP contribution in [0.2, 0.25) is 0 Å². The summed E-state index contributed by atoms with van der Waals surface area (Å²) in [5, 5.41) is 0.476. The van der Waals surface area contributed by atoms with Crippen molar-refractivity contribution in [3.63, 3.8) is 0 Å². The maximum Gasteiger partial charge on any atom is 0.289 e. The molecule has 1 aromatic heterocycles. The smallest absolute Gasteiger partial charge is 0.289 e. The van der Waals surface area contributed by atoms with Crippen LogP contribution in [0.15, 0.2) is 39.5 Å². The van der Waals surface area contributed by atoms with Crippen molar-refractivity contribution in [3.8, 4) is 0 Å². The maximum absolute atomic E-state index is 12.1. The summed E-state index contributed by atoms with van der Waals surface area (Å²) < 4.78 is 5.48. The van der Waals surface area contributed by atoms with Gasteiger partial charge in [-0.2, -0.15) is 0 Å². The molecule has 1 heterocycles. The Kier molecular flexibility index (Phi) is 3.97. The summed E-state index contributed by atoms with van der Waals surface area (Å²) in [6, 6.07) is 8.11. The number of hydrogen-bond acceptors (Lipinski definition) is 4. The summed E-state index contributed by atoms with van der Waals surface area (Å²) in [4.78, 5) is 25.5. The Hall–Kier alpha value is -2.14. The molecule has 0 atom stereocenters. The second-order valence-corrected chi connectivity index (χ2v) is 4.34. The molecule has 0 aliphatic carbocycles. The second-order valence-electron chi connectivity index (χ2n) is 4.34. The number of carbonyl (C=O) groups excluding carboxylic acids is 1. The van der Waals surface area contributed by atoms with Gasteiger partial charge in [0.2, 0.25) is 0 Å². The standard InChI is InChI=1S/C14H16N2O3/c1-16(8-4-7-15)14(18)13-9-11(17)10-5-2-3-6-12(10)19-13/h2-3,5-6,9H,4,7-8,15H2,1H3. The van der Waals surface area contributed by atoms with Gasteiger partial charge in [-0.1, -0.05) is 12.1 Å². The molecular formula is C14H16N2O3. The molecule has 0 fully saturated rings. The Bertz CT molecular complexity index is 648. The van der Waals surface area contributed by atoms with Gasteiger partial charge in [0.25, 0.3) is 5.91 Å². The summed E-state index contributed by atoms with van der Waals surface area (Å²) >= 11 is 0. The molecular weight excluding hydrogens is 244 g/mol. The SMILES string of the molecule is CN(CCCN)C(=O)c1cc(=O)c2ccccc2o1. The topological polar surface area (TPSA) is 76.5 Å². The first-order chi connectivity index (χ1) is 9.13. The normalized spacial score (nSPS) is 10.6. The predicted molar refractivity (Wildman–Crippen MR) is 73.1 cm³/mol. The molecule has 1 amide bonds. The minimum atomic E-state index is -0.309. The van der Waals surface area contributed by atoms with Gasteiger partial charge in [-0.25, -0.2) is 0 Å². The molecule has 0 saturated carbocycles. The highest BCUT2D eigenvalue weighted by Crippen LogP contribution is 2.12. The fraction of sp³-hybridized carbons (Fsp3) is 0.286. The van der Waals surface area contributed by atoms with Crippen molar-refractivity contribution in [3.05, 3.63) is 46.3 Å². The molecule has 2 aromatic rings. The van der Waals surface area contributed by atoms with E-state index in [4.69, 9.17) is 10.2 Å². The lowest BCUT2D eigenvalue weighted by molar-refractivity contribution is 0.0763. The van der Waals surface area contributed by atoms with Crippen LogP contribution in [0, 0.1) is 0 Å². The molecule has 100 valence electrons. The lowest BCUT2D eigenvalue weighted by atomic mass is 10.2. The number of carbonyl (C=O) groups is 1. The van der Waals surface area contributed by atoms with Gasteiger partial charge in [-0.15, -0.1) is 0 Å². The van der Waals surface area contributed by atoms with Crippen LogP contribution in [0.4, 0.5) is 0 Å². The molecule has 0 saturated heterocycles. The first-order valence-electron chi connectivity index (χ1n) is 6.12. The molecule has 5 heteroatoms. The van der Waals surface area contributed by atoms with E-state index in [9.17, 15) is 9.59 Å². The van der Waals surface area contributed by atoms with Crippen molar-refractivity contribution in [2.24, 2.45) is 5.73 Å². The van der Waals surface area contributed by atoms with E-state index in [1.54, 1.807) is 31.3 Å². The average Bonchev–Trinajstić information content (AvgIpc) is 2.43. The van der Waals surface area contributed by atoms with E-state index < -0.39 is 0 Å². The van der Waals surface area contributed by atoms with Crippen molar-refractivity contribution in [1.29, 1.82) is 0 Å². The lowest BCUT2D eigenvalue weighted by Crippen LogP contribution is -2.29. The largest absolute Gasteiger partial charge is 0.451 e. The Morgan fingerprint density at radius 1 is 1.37 bits per heavy atom. The van der Waals surface area contributed by atoms with Gasteiger partial charge >= 0.3 is 0 Å². The van der Waals surface area contributed by atoms with E-state index in [0.717, 1.165) is 0 Å². The quantitative estimate of drug-likeness (QED) is 0.896. The summed E-state index contributed by atoms with van der Waals surface area (Å²) in [6.07, 6.45) is 0.708. The van der Waals surface area contributed by atoms with E-state index in [-0.39, 0.29) is 17.1 Å². The predicted octanol–water partition coefficient (Wildman–Crippen LogP) is 1.21. The van der Waals surface area contributed by atoms with Crippen molar-refractivity contribution in [1.82, 2.24) is 4.90 Å². The van der Waals surface area contributed by atoms with Gasteiger partial charge in [0.05, 0.1) is 5.39 Å². The number of hydrogen-bond donors (Lipinski definition) is 1. The molecule has 2 rings (SSSR count). The summed E-state index contributed by atoms with van der Waals surface area (Å²) in [7, 11) is 1.66. The molecule has 0 bridgehead atoms. The third-order valence-electron chi connectivity index (χ3n) is 2.89. The zero-order valence-electron chi connectivity index (χ0n) is 10.8. The highest BCUT2D eigenvalue weighted by atomic mass is 16.3. The van der Waals surface area contributed by atoms with Crippen molar-refractivity contribution in [2.45, 2.75) is 6.42 Å². The molecule has 0 unspecified atom stereocenters. The fourth-order valence-corrected chi connectivity index (χ4v) is 1.83. The first-order valence-corrected chi connectivity index (χ1v) is 6.12. The Morgan fingerprint density at radius 3 is 2.84 bits per heavy atom. The minimum absolute atomic E-state index is 0.0585. The van der Waals surface area contributed by atoms with Crippen LogP contribution in [-0.4, -0.2) is 30.9 Å². The van der Waals surface area contributed by atoms with E-state index in [2.05, 4.69) is 0 Å². The van der Waals surface area contributed by atoms with Gasteiger partial charge in [0.15, 0.2) is 11.2 Å². The average molecular weight is 260 g/mol. The highest BCUT2D eigenvalue weighted by Gasteiger charge is 2.15. The number of rotatable bonds is 4. The Balaban J connectivity index is 2.35. The van der Waals surface area contributed by atoms with Crippen LogP contribution in [-0.2, 0) is 0 Å². The number of benzene rings is 1. The monoisotopic (exact) mass is 260 g/mol. The molecule has 5 nitrogen and oxygen atoms in total. The van der Waals surface area contributed by atoms with Gasteiger partial charge in [0, 0.05) is 19.7 Å². The Labute approximate surface area is 110 Å². The molecule has 0 radical (unpaired) electrons. The van der Waals surface area contributed by atoms with Crippen LogP contribution in [0.25, 0.3) is 11.0 Å². The minimum Gasteiger partial charge on any atom is -0.451 e. The number of amides is 1. The fourth-order valence-electron chi connectivity index (χ4n) is 1.83. The van der Waals surface area contributed by atoms with E-state index in [1.165, 1.54) is 11.0 Å². The Morgan fingerprint density at radius 2 is 2.11 bits per heavy atom. The second kappa shape index (κ2) is 5.67. The summed E-state index contributed by atoms with van der Waals surface area (Å²) in [6.45, 7) is 1.05.